The molecular weight excluding hydrogens is 218 g/mol. The maximum absolute atomic E-state index is 11.4. The fraction of sp³-hybridized carbons (Fsp3) is 0.385. The Morgan fingerprint density at radius 1 is 1.35 bits per heavy atom. The van der Waals surface area contributed by atoms with Crippen LogP contribution in [0, 0.1) is 0 Å². The minimum atomic E-state index is -0.313. The largest absolute Gasteiger partial charge is 0.460 e. The first-order valence-electron chi connectivity index (χ1n) is 5.68. The van der Waals surface area contributed by atoms with E-state index >= 15 is 0 Å². The van der Waals surface area contributed by atoms with Crippen LogP contribution in [0.4, 0.5) is 0 Å². The Morgan fingerprint density at radius 3 is 2.71 bits per heavy atom. The predicted molar refractivity (Wildman–Crippen MR) is 62.1 cm³/mol. The molecule has 0 saturated carbocycles. The zero-order chi connectivity index (χ0) is 12.3. The summed E-state index contributed by atoms with van der Waals surface area (Å²) in [6.07, 6.45) is 0.708. The number of rotatable bonds is 2. The molecule has 1 saturated heterocycles. The van der Waals surface area contributed by atoms with Crippen LogP contribution in [0.15, 0.2) is 30.3 Å². The molecular formula is C13H15NO3. The Labute approximate surface area is 100.0 Å². The fourth-order valence-corrected chi connectivity index (χ4v) is 2.08. The molecule has 4 nitrogen and oxygen atoms in total. The lowest BCUT2D eigenvalue weighted by molar-refractivity contribution is -0.151. The number of benzene rings is 1. The van der Waals surface area contributed by atoms with Gasteiger partial charge < -0.3 is 10.1 Å². The highest BCUT2D eigenvalue weighted by molar-refractivity contribution is 5.77. The van der Waals surface area contributed by atoms with Crippen molar-refractivity contribution < 1.29 is 14.3 Å². The standard InChI is InChI=1S/C13H15NO3/c1-9(15)17-11-7-8-12(16)14-13(11)10-5-3-2-4-6-10/h2-6,11,13H,7-8H2,1H3,(H,14,16)/t11?,13-/m0/s1. The third kappa shape index (κ3) is 2.84. The van der Waals surface area contributed by atoms with Crippen LogP contribution in [0.1, 0.15) is 31.4 Å². The van der Waals surface area contributed by atoms with Crippen molar-refractivity contribution in [1.82, 2.24) is 5.32 Å². The SMILES string of the molecule is CC(=O)OC1CCC(=O)N[C@H]1c1ccccc1. The zero-order valence-electron chi connectivity index (χ0n) is 9.68. The van der Waals surface area contributed by atoms with Gasteiger partial charge >= 0.3 is 5.97 Å². The Balaban J connectivity index is 2.19. The highest BCUT2D eigenvalue weighted by atomic mass is 16.5. The van der Waals surface area contributed by atoms with Crippen molar-refractivity contribution in [3.63, 3.8) is 0 Å². The molecule has 0 aromatic heterocycles. The van der Waals surface area contributed by atoms with Crippen molar-refractivity contribution in [2.75, 3.05) is 0 Å². The highest BCUT2D eigenvalue weighted by Crippen LogP contribution is 2.26. The quantitative estimate of drug-likeness (QED) is 0.789. The van der Waals surface area contributed by atoms with E-state index in [1.165, 1.54) is 6.92 Å². The molecule has 0 spiro atoms. The number of nitrogens with one attached hydrogen (secondary N) is 1. The molecule has 1 N–H and O–H groups in total. The topological polar surface area (TPSA) is 55.4 Å². The van der Waals surface area contributed by atoms with E-state index in [9.17, 15) is 9.59 Å². The van der Waals surface area contributed by atoms with Crippen LogP contribution in [0.2, 0.25) is 0 Å². The van der Waals surface area contributed by atoms with Crippen LogP contribution in [0.5, 0.6) is 0 Å². The van der Waals surface area contributed by atoms with E-state index in [0.29, 0.717) is 12.8 Å². The predicted octanol–water partition coefficient (Wildman–Crippen LogP) is 1.57. The smallest absolute Gasteiger partial charge is 0.302 e. The molecule has 1 unspecified atom stereocenters. The molecule has 90 valence electrons. The molecule has 1 aliphatic rings. The summed E-state index contributed by atoms with van der Waals surface area (Å²) in [5, 5.41) is 2.87. The number of piperidine rings is 1. The van der Waals surface area contributed by atoms with Gasteiger partial charge in [0.25, 0.3) is 0 Å². The fourth-order valence-electron chi connectivity index (χ4n) is 2.08. The molecule has 4 heteroatoms. The van der Waals surface area contributed by atoms with E-state index in [1.807, 2.05) is 30.3 Å². The summed E-state index contributed by atoms with van der Waals surface area (Å²) in [7, 11) is 0. The minimum Gasteiger partial charge on any atom is -0.460 e. The summed E-state index contributed by atoms with van der Waals surface area (Å²) in [6.45, 7) is 1.39. The summed E-state index contributed by atoms with van der Waals surface area (Å²) in [6, 6.07) is 9.33. The summed E-state index contributed by atoms with van der Waals surface area (Å²) in [5.41, 5.74) is 0.965. The number of hydrogen-bond donors (Lipinski definition) is 1. The highest BCUT2D eigenvalue weighted by Gasteiger charge is 2.31. The summed E-state index contributed by atoms with van der Waals surface area (Å²) in [5.74, 6) is -0.311. The van der Waals surface area contributed by atoms with Gasteiger partial charge in [0.05, 0.1) is 6.04 Å². The van der Waals surface area contributed by atoms with Crippen molar-refractivity contribution in [2.45, 2.75) is 31.9 Å². The van der Waals surface area contributed by atoms with Crippen LogP contribution in [-0.2, 0) is 14.3 Å². The third-order valence-corrected chi connectivity index (χ3v) is 2.82. The number of carbonyl (C=O) groups is 2. The lowest BCUT2D eigenvalue weighted by Crippen LogP contribution is -2.43. The van der Waals surface area contributed by atoms with Crippen molar-refractivity contribution in [3.05, 3.63) is 35.9 Å². The van der Waals surface area contributed by atoms with Crippen LogP contribution in [-0.4, -0.2) is 18.0 Å². The molecule has 1 aromatic carbocycles. The molecule has 1 fully saturated rings. The van der Waals surface area contributed by atoms with Gasteiger partial charge in [0, 0.05) is 13.3 Å². The number of ether oxygens (including phenoxy) is 1. The lowest BCUT2D eigenvalue weighted by Gasteiger charge is -2.31. The van der Waals surface area contributed by atoms with E-state index < -0.39 is 0 Å². The van der Waals surface area contributed by atoms with Gasteiger partial charge in [-0.2, -0.15) is 0 Å². The second-order valence-corrected chi connectivity index (χ2v) is 4.14. The summed E-state index contributed by atoms with van der Waals surface area (Å²) < 4.78 is 5.25. The molecule has 1 aromatic rings. The van der Waals surface area contributed by atoms with E-state index in [4.69, 9.17) is 4.74 Å². The van der Waals surface area contributed by atoms with E-state index in [2.05, 4.69) is 5.32 Å². The van der Waals surface area contributed by atoms with Crippen LogP contribution in [0.3, 0.4) is 0 Å². The average Bonchev–Trinajstić information content (AvgIpc) is 2.32. The molecule has 2 atom stereocenters. The molecule has 1 heterocycles. The Hall–Kier alpha value is -1.84. The lowest BCUT2D eigenvalue weighted by atomic mass is 9.94. The van der Waals surface area contributed by atoms with Crippen molar-refractivity contribution >= 4 is 11.9 Å². The van der Waals surface area contributed by atoms with E-state index in [1.54, 1.807) is 0 Å². The minimum absolute atomic E-state index is 0.00209. The van der Waals surface area contributed by atoms with Gasteiger partial charge in [-0.25, -0.2) is 0 Å². The van der Waals surface area contributed by atoms with Crippen molar-refractivity contribution in [2.24, 2.45) is 0 Å². The first-order chi connectivity index (χ1) is 8.16. The second kappa shape index (κ2) is 4.99. The number of esters is 1. The molecule has 0 radical (unpaired) electrons. The van der Waals surface area contributed by atoms with Gasteiger partial charge in [0.1, 0.15) is 6.10 Å². The molecule has 17 heavy (non-hydrogen) atoms. The Morgan fingerprint density at radius 2 is 2.06 bits per heavy atom. The maximum Gasteiger partial charge on any atom is 0.302 e. The van der Waals surface area contributed by atoms with Gasteiger partial charge in [-0.3, -0.25) is 9.59 Å². The summed E-state index contributed by atoms with van der Waals surface area (Å²) in [4.78, 5) is 22.5. The monoisotopic (exact) mass is 233 g/mol. The third-order valence-electron chi connectivity index (χ3n) is 2.82. The van der Waals surface area contributed by atoms with Crippen molar-refractivity contribution in [3.8, 4) is 0 Å². The van der Waals surface area contributed by atoms with Crippen LogP contribution in [0.25, 0.3) is 0 Å². The van der Waals surface area contributed by atoms with E-state index in [0.717, 1.165) is 5.56 Å². The number of amides is 1. The van der Waals surface area contributed by atoms with Crippen LogP contribution < -0.4 is 5.32 Å². The molecule has 1 aliphatic heterocycles. The van der Waals surface area contributed by atoms with Gasteiger partial charge in [0.2, 0.25) is 5.91 Å². The molecule has 0 aliphatic carbocycles. The normalized spacial score (nSPS) is 23.9. The first-order valence-corrected chi connectivity index (χ1v) is 5.68. The Kier molecular flexibility index (Phi) is 3.42. The van der Waals surface area contributed by atoms with Gasteiger partial charge in [-0.05, 0) is 12.0 Å². The number of carbonyl (C=O) groups excluding carboxylic acids is 2. The average molecular weight is 233 g/mol. The van der Waals surface area contributed by atoms with Gasteiger partial charge in [0.15, 0.2) is 0 Å². The van der Waals surface area contributed by atoms with Gasteiger partial charge in [-0.15, -0.1) is 0 Å². The molecule has 1 amide bonds. The second-order valence-electron chi connectivity index (χ2n) is 4.14. The zero-order valence-corrected chi connectivity index (χ0v) is 9.68. The molecule has 0 bridgehead atoms. The van der Waals surface area contributed by atoms with Crippen LogP contribution >= 0.6 is 0 Å². The first kappa shape index (κ1) is 11.6. The maximum atomic E-state index is 11.4. The summed E-state index contributed by atoms with van der Waals surface area (Å²) >= 11 is 0. The van der Waals surface area contributed by atoms with E-state index in [-0.39, 0.29) is 24.0 Å². The van der Waals surface area contributed by atoms with Crippen molar-refractivity contribution in [1.29, 1.82) is 0 Å². The Bertz CT molecular complexity index is 416. The molecule has 2 rings (SSSR count). The van der Waals surface area contributed by atoms with Gasteiger partial charge in [-0.1, -0.05) is 30.3 Å². The number of hydrogen-bond acceptors (Lipinski definition) is 3.